The summed E-state index contributed by atoms with van der Waals surface area (Å²) >= 11 is 5.53. The van der Waals surface area contributed by atoms with Gasteiger partial charge in [-0.1, -0.05) is 12.2 Å². The highest BCUT2D eigenvalue weighted by Gasteiger charge is 1.90. The van der Waals surface area contributed by atoms with Crippen LogP contribution in [0.3, 0.4) is 0 Å². The minimum atomic E-state index is 0.572. The number of rotatable bonds is 4. The molecule has 0 aliphatic heterocycles. The molecule has 0 spiro atoms. The molecule has 2 N–H and O–H groups in total. The summed E-state index contributed by atoms with van der Waals surface area (Å²) < 4.78 is 0. The van der Waals surface area contributed by atoms with Gasteiger partial charge in [0.1, 0.15) is 5.82 Å². The second-order valence-electron chi connectivity index (χ2n) is 2.74. The number of allylic oxidation sites excluding steroid dienone is 2. The number of halogens is 1. The van der Waals surface area contributed by atoms with Gasteiger partial charge < -0.3 is 5.73 Å². The van der Waals surface area contributed by atoms with Gasteiger partial charge in [0.15, 0.2) is 0 Å². The van der Waals surface area contributed by atoms with E-state index in [2.05, 4.69) is 17.1 Å². The molecule has 1 heterocycles. The summed E-state index contributed by atoms with van der Waals surface area (Å²) in [5.41, 5.74) is 6.71. The van der Waals surface area contributed by atoms with Crippen molar-refractivity contribution >= 4 is 17.4 Å². The van der Waals surface area contributed by atoms with E-state index in [4.69, 9.17) is 17.3 Å². The maximum absolute atomic E-state index is 5.53. The molecule has 0 radical (unpaired) electrons. The third-order valence-electron chi connectivity index (χ3n) is 1.64. The molecule has 0 saturated heterocycles. The van der Waals surface area contributed by atoms with Crippen molar-refractivity contribution in [3.05, 3.63) is 36.0 Å². The van der Waals surface area contributed by atoms with Crippen LogP contribution in [0, 0.1) is 0 Å². The Hall–Kier alpha value is -1.02. The number of hydrogen-bond acceptors (Lipinski definition) is 2. The Morgan fingerprint density at radius 3 is 3.00 bits per heavy atom. The van der Waals surface area contributed by atoms with Crippen LogP contribution in [0.15, 0.2) is 30.5 Å². The molecule has 2 nitrogen and oxygen atoms in total. The minimum absolute atomic E-state index is 0.572. The first-order valence-electron chi connectivity index (χ1n) is 4.24. The van der Waals surface area contributed by atoms with Crippen molar-refractivity contribution in [3.8, 4) is 0 Å². The van der Waals surface area contributed by atoms with Crippen molar-refractivity contribution < 1.29 is 0 Å². The zero-order valence-corrected chi connectivity index (χ0v) is 8.17. The molecular weight excluding hydrogens is 184 g/mol. The SMILES string of the molecule is Nc1cc(CC=CCCCl)ccn1. The lowest BCUT2D eigenvalue weighted by Crippen LogP contribution is -1.90. The van der Waals surface area contributed by atoms with Crippen LogP contribution < -0.4 is 5.73 Å². The van der Waals surface area contributed by atoms with Crippen LogP contribution in [0.1, 0.15) is 12.0 Å². The van der Waals surface area contributed by atoms with Crippen LogP contribution in [0.25, 0.3) is 0 Å². The lowest BCUT2D eigenvalue weighted by Gasteiger charge is -1.96. The zero-order chi connectivity index (χ0) is 9.52. The first-order chi connectivity index (χ1) is 6.33. The quantitative estimate of drug-likeness (QED) is 0.593. The van der Waals surface area contributed by atoms with E-state index in [-0.39, 0.29) is 0 Å². The van der Waals surface area contributed by atoms with E-state index >= 15 is 0 Å². The lowest BCUT2D eigenvalue weighted by molar-refractivity contribution is 1.17. The van der Waals surface area contributed by atoms with E-state index in [9.17, 15) is 0 Å². The van der Waals surface area contributed by atoms with Crippen molar-refractivity contribution in [1.29, 1.82) is 0 Å². The first kappa shape index (κ1) is 10.1. The van der Waals surface area contributed by atoms with Crippen LogP contribution in [-0.2, 0) is 6.42 Å². The van der Waals surface area contributed by atoms with Crippen LogP contribution in [-0.4, -0.2) is 10.9 Å². The molecule has 1 aromatic rings. The topological polar surface area (TPSA) is 38.9 Å². The van der Waals surface area contributed by atoms with Crippen molar-refractivity contribution in [1.82, 2.24) is 4.98 Å². The van der Waals surface area contributed by atoms with Gasteiger partial charge in [-0.2, -0.15) is 0 Å². The van der Waals surface area contributed by atoms with Crippen molar-refractivity contribution in [3.63, 3.8) is 0 Å². The van der Waals surface area contributed by atoms with Crippen LogP contribution in [0.5, 0.6) is 0 Å². The van der Waals surface area contributed by atoms with Gasteiger partial charge in [-0.15, -0.1) is 11.6 Å². The predicted octanol–water partition coefficient (Wildman–Crippen LogP) is 2.39. The second-order valence-corrected chi connectivity index (χ2v) is 3.12. The van der Waals surface area contributed by atoms with E-state index in [1.54, 1.807) is 6.20 Å². The third kappa shape index (κ3) is 3.95. The Morgan fingerprint density at radius 1 is 1.46 bits per heavy atom. The summed E-state index contributed by atoms with van der Waals surface area (Å²) in [6.07, 6.45) is 7.70. The fraction of sp³-hybridized carbons (Fsp3) is 0.300. The molecule has 0 atom stereocenters. The zero-order valence-electron chi connectivity index (χ0n) is 7.41. The number of anilines is 1. The van der Waals surface area contributed by atoms with Crippen LogP contribution >= 0.6 is 11.6 Å². The van der Waals surface area contributed by atoms with Gasteiger partial charge in [0, 0.05) is 12.1 Å². The molecule has 3 heteroatoms. The molecule has 0 aromatic carbocycles. The molecule has 0 fully saturated rings. The Morgan fingerprint density at radius 2 is 2.31 bits per heavy atom. The number of hydrogen-bond donors (Lipinski definition) is 1. The summed E-state index contributed by atoms with van der Waals surface area (Å²) in [7, 11) is 0. The lowest BCUT2D eigenvalue weighted by atomic mass is 10.2. The number of nitrogens with two attached hydrogens (primary N) is 1. The van der Waals surface area contributed by atoms with E-state index in [1.807, 2.05) is 12.1 Å². The number of nitrogens with zero attached hydrogens (tertiary/aromatic N) is 1. The van der Waals surface area contributed by atoms with Gasteiger partial charge >= 0.3 is 0 Å². The standard InChI is InChI=1S/C10H13ClN2/c11-6-3-1-2-4-9-5-7-13-10(12)8-9/h1-2,5,7-8H,3-4,6H2,(H2,12,13). The van der Waals surface area contributed by atoms with Crippen LogP contribution in [0.2, 0.25) is 0 Å². The average molecular weight is 197 g/mol. The van der Waals surface area contributed by atoms with E-state index in [0.717, 1.165) is 12.8 Å². The minimum Gasteiger partial charge on any atom is -0.384 e. The summed E-state index contributed by atoms with van der Waals surface area (Å²) in [4.78, 5) is 3.92. The molecule has 1 rings (SSSR count). The number of alkyl halides is 1. The Kier molecular flexibility index (Phi) is 4.33. The predicted molar refractivity (Wildman–Crippen MR) is 56.8 cm³/mol. The number of pyridine rings is 1. The molecule has 13 heavy (non-hydrogen) atoms. The Bertz CT molecular complexity index is 284. The van der Waals surface area contributed by atoms with Gasteiger partial charge in [0.25, 0.3) is 0 Å². The number of aromatic nitrogens is 1. The molecule has 0 aliphatic carbocycles. The third-order valence-corrected chi connectivity index (χ3v) is 1.86. The summed E-state index contributed by atoms with van der Waals surface area (Å²) in [5.74, 6) is 1.25. The van der Waals surface area contributed by atoms with Crippen LogP contribution in [0.4, 0.5) is 5.82 Å². The molecule has 70 valence electrons. The largest absolute Gasteiger partial charge is 0.384 e. The molecule has 0 aliphatic rings. The Labute approximate surface area is 83.4 Å². The first-order valence-corrected chi connectivity index (χ1v) is 4.78. The fourth-order valence-electron chi connectivity index (χ4n) is 1.02. The summed E-state index contributed by atoms with van der Waals surface area (Å²) in [6.45, 7) is 0. The fourth-order valence-corrected chi connectivity index (χ4v) is 1.15. The number of nitrogen functional groups attached to an aromatic ring is 1. The van der Waals surface area contributed by atoms with Gasteiger partial charge in [0.2, 0.25) is 0 Å². The Balaban J connectivity index is 2.45. The van der Waals surface area contributed by atoms with Crippen molar-refractivity contribution in [2.45, 2.75) is 12.8 Å². The normalized spacial score (nSPS) is 10.8. The summed E-state index contributed by atoms with van der Waals surface area (Å²) in [6, 6.07) is 3.84. The van der Waals surface area contributed by atoms with Gasteiger partial charge in [-0.25, -0.2) is 4.98 Å². The van der Waals surface area contributed by atoms with E-state index < -0.39 is 0 Å². The maximum Gasteiger partial charge on any atom is 0.123 e. The van der Waals surface area contributed by atoms with Gasteiger partial charge in [-0.3, -0.25) is 0 Å². The highest BCUT2D eigenvalue weighted by Crippen LogP contribution is 2.04. The molecule has 0 unspecified atom stereocenters. The molecule has 1 aromatic heterocycles. The summed E-state index contributed by atoms with van der Waals surface area (Å²) in [5, 5.41) is 0. The molecule has 0 saturated carbocycles. The van der Waals surface area contributed by atoms with Crippen molar-refractivity contribution in [2.75, 3.05) is 11.6 Å². The maximum atomic E-state index is 5.53. The van der Waals surface area contributed by atoms with E-state index in [1.165, 1.54) is 5.56 Å². The molecular formula is C10H13ClN2. The van der Waals surface area contributed by atoms with Crippen molar-refractivity contribution in [2.24, 2.45) is 0 Å². The van der Waals surface area contributed by atoms with E-state index in [0.29, 0.717) is 11.7 Å². The smallest absolute Gasteiger partial charge is 0.123 e. The average Bonchev–Trinajstić information content (AvgIpc) is 2.13. The highest BCUT2D eigenvalue weighted by molar-refractivity contribution is 6.17. The van der Waals surface area contributed by atoms with Gasteiger partial charge in [-0.05, 0) is 30.5 Å². The monoisotopic (exact) mass is 196 g/mol. The van der Waals surface area contributed by atoms with Gasteiger partial charge in [0.05, 0.1) is 0 Å². The molecule has 0 bridgehead atoms. The second kappa shape index (κ2) is 5.60. The highest BCUT2D eigenvalue weighted by atomic mass is 35.5. The molecule has 0 amide bonds.